The second-order valence-electron chi connectivity index (χ2n) is 4.09. The van der Waals surface area contributed by atoms with Gasteiger partial charge in [0.2, 0.25) is 0 Å². The number of aromatic nitrogens is 2. The van der Waals surface area contributed by atoms with E-state index in [1.54, 1.807) is 0 Å². The molecular weight excluding hydrogens is 228 g/mol. The van der Waals surface area contributed by atoms with Crippen LogP contribution in [0.15, 0.2) is 30.3 Å². The number of hydrogen-bond acceptors (Lipinski definition) is 3. The Kier molecular flexibility index (Phi) is 3.77. The number of aryl methyl sites for hydroxylation is 2. The van der Waals surface area contributed by atoms with Crippen LogP contribution in [0.1, 0.15) is 34.2 Å². The van der Waals surface area contributed by atoms with Crippen molar-refractivity contribution in [2.24, 2.45) is 0 Å². The van der Waals surface area contributed by atoms with Gasteiger partial charge >= 0.3 is 5.97 Å². The molecule has 0 aliphatic rings. The summed E-state index contributed by atoms with van der Waals surface area (Å²) in [5.41, 5.74) is 3.05. The van der Waals surface area contributed by atoms with Crippen LogP contribution in [0.4, 0.5) is 0 Å². The maximum Gasteiger partial charge on any atom is 0.342 e. The highest BCUT2D eigenvalue weighted by Gasteiger charge is 2.18. The summed E-state index contributed by atoms with van der Waals surface area (Å²) in [6.45, 7) is 4.07. The van der Waals surface area contributed by atoms with E-state index in [2.05, 4.69) is 10.2 Å². The molecule has 0 bridgehead atoms. The number of carbonyl (C=O) groups excluding carboxylic acids is 1. The van der Waals surface area contributed by atoms with Crippen LogP contribution in [-0.4, -0.2) is 16.2 Å². The minimum absolute atomic E-state index is 0.285. The lowest BCUT2D eigenvalue weighted by Crippen LogP contribution is -2.08. The fourth-order valence-electron chi connectivity index (χ4n) is 1.80. The van der Waals surface area contributed by atoms with Crippen LogP contribution >= 0.6 is 0 Å². The summed E-state index contributed by atoms with van der Waals surface area (Å²) < 4.78 is 5.30. The fourth-order valence-corrected chi connectivity index (χ4v) is 1.80. The Bertz CT molecular complexity index is 532. The average molecular weight is 244 g/mol. The summed E-state index contributed by atoms with van der Waals surface area (Å²) in [7, 11) is 0. The highest BCUT2D eigenvalue weighted by molar-refractivity contribution is 5.91. The third kappa shape index (κ3) is 2.59. The molecular formula is C14H16N2O2. The third-order valence-electron chi connectivity index (χ3n) is 2.77. The van der Waals surface area contributed by atoms with Gasteiger partial charge in [0.25, 0.3) is 0 Å². The molecule has 4 nitrogen and oxygen atoms in total. The Balaban J connectivity index is 2.06. The molecule has 94 valence electrons. The van der Waals surface area contributed by atoms with Crippen molar-refractivity contribution in [1.82, 2.24) is 10.2 Å². The maximum absolute atomic E-state index is 12.0. The molecule has 0 saturated carbocycles. The highest BCUT2D eigenvalue weighted by atomic mass is 16.5. The van der Waals surface area contributed by atoms with Crippen LogP contribution in [-0.2, 0) is 17.8 Å². The molecule has 1 N–H and O–H groups in total. The molecule has 0 atom stereocenters. The third-order valence-corrected chi connectivity index (χ3v) is 2.77. The standard InChI is InChI=1S/C14H16N2O2/c1-3-12-13(10(2)15-16-12)14(17)18-9-11-7-5-4-6-8-11/h4-8H,3,9H2,1-2H3,(H,15,16). The lowest BCUT2D eigenvalue weighted by atomic mass is 10.1. The fraction of sp³-hybridized carbons (Fsp3) is 0.286. The van der Waals surface area contributed by atoms with Crippen molar-refractivity contribution < 1.29 is 9.53 Å². The molecule has 0 aliphatic heterocycles. The van der Waals surface area contributed by atoms with Gasteiger partial charge in [0, 0.05) is 5.69 Å². The first kappa shape index (κ1) is 12.4. The Morgan fingerprint density at radius 1 is 1.33 bits per heavy atom. The smallest absolute Gasteiger partial charge is 0.342 e. The maximum atomic E-state index is 12.0. The van der Waals surface area contributed by atoms with Crippen LogP contribution in [0.25, 0.3) is 0 Å². The molecule has 0 unspecified atom stereocenters. The lowest BCUT2D eigenvalue weighted by Gasteiger charge is -2.05. The van der Waals surface area contributed by atoms with E-state index in [1.807, 2.05) is 44.2 Å². The van der Waals surface area contributed by atoms with Gasteiger partial charge in [-0.3, -0.25) is 5.10 Å². The quantitative estimate of drug-likeness (QED) is 0.841. The van der Waals surface area contributed by atoms with E-state index in [1.165, 1.54) is 0 Å². The van der Waals surface area contributed by atoms with E-state index in [4.69, 9.17) is 4.74 Å². The van der Waals surface area contributed by atoms with Crippen LogP contribution in [0.5, 0.6) is 0 Å². The van der Waals surface area contributed by atoms with Gasteiger partial charge in [-0.15, -0.1) is 0 Å². The zero-order chi connectivity index (χ0) is 13.0. The molecule has 0 saturated heterocycles. The van der Waals surface area contributed by atoms with E-state index in [9.17, 15) is 4.79 Å². The summed E-state index contributed by atoms with van der Waals surface area (Å²) in [6, 6.07) is 9.63. The number of carbonyl (C=O) groups is 1. The summed E-state index contributed by atoms with van der Waals surface area (Å²) in [4.78, 5) is 12.0. The van der Waals surface area contributed by atoms with E-state index in [0.717, 1.165) is 17.0 Å². The van der Waals surface area contributed by atoms with Crippen LogP contribution in [0.2, 0.25) is 0 Å². The predicted octanol–water partition coefficient (Wildman–Crippen LogP) is 2.64. The number of H-pyrrole nitrogens is 1. The highest BCUT2D eigenvalue weighted by Crippen LogP contribution is 2.13. The number of aromatic amines is 1. The molecule has 1 aromatic heterocycles. The lowest BCUT2D eigenvalue weighted by molar-refractivity contribution is 0.0470. The largest absolute Gasteiger partial charge is 0.457 e. The van der Waals surface area contributed by atoms with Crippen molar-refractivity contribution in [3.63, 3.8) is 0 Å². The number of ether oxygens (including phenoxy) is 1. The molecule has 0 spiro atoms. The Labute approximate surface area is 106 Å². The van der Waals surface area contributed by atoms with Gasteiger partial charge in [-0.25, -0.2) is 4.79 Å². The molecule has 0 radical (unpaired) electrons. The molecule has 18 heavy (non-hydrogen) atoms. The predicted molar refractivity (Wildman–Crippen MR) is 68.3 cm³/mol. The minimum atomic E-state index is -0.318. The van der Waals surface area contributed by atoms with Crippen LogP contribution < -0.4 is 0 Å². The summed E-state index contributed by atoms with van der Waals surface area (Å²) >= 11 is 0. The van der Waals surface area contributed by atoms with Crippen molar-refractivity contribution in [3.8, 4) is 0 Å². The van der Waals surface area contributed by atoms with Crippen molar-refractivity contribution in [3.05, 3.63) is 52.8 Å². The molecule has 1 heterocycles. The minimum Gasteiger partial charge on any atom is -0.457 e. The molecule has 2 rings (SSSR count). The Morgan fingerprint density at radius 2 is 2.06 bits per heavy atom. The molecule has 0 aliphatic carbocycles. The van der Waals surface area contributed by atoms with E-state index < -0.39 is 0 Å². The summed E-state index contributed by atoms with van der Waals surface area (Å²) in [5.74, 6) is -0.318. The van der Waals surface area contributed by atoms with Gasteiger partial charge in [-0.05, 0) is 18.9 Å². The topological polar surface area (TPSA) is 55.0 Å². The first-order valence-corrected chi connectivity index (χ1v) is 5.97. The summed E-state index contributed by atoms with van der Waals surface area (Å²) in [5, 5.41) is 6.90. The first-order chi connectivity index (χ1) is 8.72. The molecule has 1 aromatic carbocycles. The Morgan fingerprint density at radius 3 is 2.72 bits per heavy atom. The zero-order valence-electron chi connectivity index (χ0n) is 10.6. The van der Waals surface area contributed by atoms with Gasteiger partial charge in [0.1, 0.15) is 12.2 Å². The van der Waals surface area contributed by atoms with Crippen molar-refractivity contribution in [2.75, 3.05) is 0 Å². The first-order valence-electron chi connectivity index (χ1n) is 5.97. The Hall–Kier alpha value is -2.10. The van der Waals surface area contributed by atoms with Crippen molar-refractivity contribution in [2.45, 2.75) is 26.9 Å². The number of hydrogen-bond donors (Lipinski definition) is 1. The van der Waals surface area contributed by atoms with E-state index in [-0.39, 0.29) is 12.6 Å². The van der Waals surface area contributed by atoms with Gasteiger partial charge in [0.05, 0.1) is 5.69 Å². The van der Waals surface area contributed by atoms with Gasteiger partial charge in [0.15, 0.2) is 0 Å². The molecule has 0 amide bonds. The van der Waals surface area contributed by atoms with E-state index in [0.29, 0.717) is 12.0 Å². The normalized spacial score (nSPS) is 10.3. The van der Waals surface area contributed by atoms with Gasteiger partial charge in [-0.1, -0.05) is 37.3 Å². The van der Waals surface area contributed by atoms with Gasteiger partial charge in [-0.2, -0.15) is 5.10 Å². The van der Waals surface area contributed by atoms with Crippen LogP contribution in [0, 0.1) is 6.92 Å². The number of nitrogens with zero attached hydrogens (tertiary/aromatic N) is 1. The number of nitrogens with one attached hydrogen (secondary N) is 1. The second-order valence-corrected chi connectivity index (χ2v) is 4.09. The molecule has 4 heteroatoms. The summed E-state index contributed by atoms with van der Waals surface area (Å²) in [6.07, 6.45) is 0.708. The number of benzene rings is 1. The average Bonchev–Trinajstić information content (AvgIpc) is 2.78. The number of rotatable bonds is 4. The molecule has 0 fully saturated rings. The van der Waals surface area contributed by atoms with Crippen molar-refractivity contribution in [1.29, 1.82) is 0 Å². The SMILES string of the molecule is CCc1n[nH]c(C)c1C(=O)OCc1ccccc1. The monoisotopic (exact) mass is 244 g/mol. The van der Waals surface area contributed by atoms with E-state index >= 15 is 0 Å². The zero-order valence-corrected chi connectivity index (χ0v) is 10.6. The number of esters is 1. The van der Waals surface area contributed by atoms with Crippen molar-refractivity contribution >= 4 is 5.97 Å². The van der Waals surface area contributed by atoms with Crippen LogP contribution in [0.3, 0.4) is 0 Å². The second kappa shape index (κ2) is 5.49. The molecule has 2 aromatic rings. The van der Waals surface area contributed by atoms with Gasteiger partial charge < -0.3 is 4.74 Å².